The van der Waals surface area contributed by atoms with Gasteiger partial charge in [-0.1, -0.05) is 24.3 Å². The largest absolute Gasteiger partial charge is 0.352 e. The summed E-state index contributed by atoms with van der Waals surface area (Å²) in [5.74, 6) is -0.684. The van der Waals surface area contributed by atoms with E-state index in [1.807, 2.05) is 0 Å². The zero-order chi connectivity index (χ0) is 16.9. The third kappa shape index (κ3) is 5.83. The first kappa shape index (κ1) is 17.1. The van der Waals surface area contributed by atoms with Gasteiger partial charge < -0.3 is 5.32 Å². The summed E-state index contributed by atoms with van der Waals surface area (Å²) in [6, 6.07) is 12.7. The van der Waals surface area contributed by atoms with Gasteiger partial charge in [0.05, 0.1) is 5.75 Å². The topological polar surface area (TPSA) is 63.2 Å². The van der Waals surface area contributed by atoms with Crippen molar-refractivity contribution in [1.29, 1.82) is 0 Å². The summed E-state index contributed by atoms with van der Waals surface area (Å²) in [7, 11) is -3.14. The Morgan fingerprint density at radius 1 is 1.09 bits per heavy atom. The van der Waals surface area contributed by atoms with Crippen LogP contribution in [0.25, 0.3) is 0 Å². The van der Waals surface area contributed by atoms with E-state index in [0.29, 0.717) is 24.1 Å². The lowest BCUT2D eigenvalue weighted by atomic mass is 10.1. The van der Waals surface area contributed by atoms with Crippen LogP contribution in [-0.4, -0.2) is 27.1 Å². The smallest absolute Gasteiger partial charge is 0.251 e. The van der Waals surface area contributed by atoms with Gasteiger partial charge in [-0.05, 0) is 41.8 Å². The van der Waals surface area contributed by atoms with Crippen LogP contribution in [0.5, 0.6) is 0 Å². The molecule has 0 aliphatic carbocycles. The van der Waals surface area contributed by atoms with Crippen LogP contribution >= 0.6 is 0 Å². The molecular formula is C17H18FNO3S. The minimum absolute atomic E-state index is 0.0998. The fourth-order valence-electron chi connectivity index (χ4n) is 2.22. The predicted octanol–water partition coefficient (Wildman–Crippen LogP) is 2.34. The summed E-state index contributed by atoms with van der Waals surface area (Å²) in [6.07, 6.45) is 1.67. The molecule has 0 saturated carbocycles. The number of carbonyl (C=O) groups excluding carboxylic acids is 1. The molecule has 0 unspecified atom stereocenters. The zero-order valence-corrected chi connectivity index (χ0v) is 13.6. The van der Waals surface area contributed by atoms with Gasteiger partial charge in [0, 0.05) is 18.4 Å². The molecule has 0 aliphatic rings. The van der Waals surface area contributed by atoms with Gasteiger partial charge in [-0.25, -0.2) is 12.8 Å². The highest BCUT2D eigenvalue weighted by Gasteiger charge is 2.09. The average Bonchev–Trinajstić information content (AvgIpc) is 2.45. The summed E-state index contributed by atoms with van der Waals surface area (Å²) < 4.78 is 35.7. The van der Waals surface area contributed by atoms with Crippen LogP contribution in [0, 0.1) is 5.82 Å². The molecule has 2 aromatic carbocycles. The van der Waals surface area contributed by atoms with Crippen molar-refractivity contribution in [2.24, 2.45) is 0 Å². The van der Waals surface area contributed by atoms with Gasteiger partial charge in [-0.2, -0.15) is 0 Å². The molecule has 122 valence electrons. The van der Waals surface area contributed by atoms with E-state index in [2.05, 4.69) is 5.32 Å². The van der Waals surface area contributed by atoms with Gasteiger partial charge in [0.15, 0.2) is 9.84 Å². The standard InChI is InChI=1S/C17H18FNO3S/c1-23(21,22)12-14-5-2-6-15(10-14)17(20)19-9-8-13-4-3-7-16(18)11-13/h2-7,10-11H,8-9,12H2,1H3,(H,19,20). The lowest BCUT2D eigenvalue weighted by molar-refractivity contribution is 0.0954. The van der Waals surface area contributed by atoms with Crippen LogP contribution in [0.1, 0.15) is 21.5 Å². The van der Waals surface area contributed by atoms with Crippen molar-refractivity contribution >= 4 is 15.7 Å². The second-order valence-corrected chi connectivity index (χ2v) is 7.55. The highest BCUT2D eigenvalue weighted by atomic mass is 32.2. The Bertz CT molecular complexity index is 803. The van der Waals surface area contributed by atoms with E-state index in [-0.39, 0.29) is 17.5 Å². The molecule has 0 spiro atoms. The first-order valence-corrected chi connectivity index (χ1v) is 9.19. The van der Waals surface area contributed by atoms with E-state index >= 15 is 0 Å². The summed E-state index contributed by atoms with van der Waals surface area (Å²) in [5, 5.41) is 2.75. The lowest BCUT2D eigenvalue weighted by Gasteiger charge is -2.07. The summed E-state index contributed by atoms with van der Waals surface area (Å²) >= 11 is 0. The van der Waals surface area contributed by atoms with Crippen molar-refractivity contribution < 1.29 is 17.6 Å². The van der Waals surface area contributed by atoms with Gasteiger partial charge in [0.25, 0.3) is 5.91 Å². The van der Waals surface area contributed by atoms with Crippen molar-refractivity contribution in [3.8, 4) is 0 Å². The fraction of sp³-hybridized carbons (Fsp3) is 0.235. The molecular weight excluding hydrogens is 317 g/mol. The van der Waals surface area contributed by atoms with Crippen molar-refractivity contribution in [2.45, 2.75) is 12.2 Å². The first-order valence-electron chi connectivity index (χ1n) is 7.13. The molecule has 0 aromatic heterocycles. The predicted molar refractivity (Wildman–Crippen MR) is 87.4 cm³/mol. The summed E-state index contributed by atoms with van der Waals surface area (Å²) in [6.45, 7) is 0.374. The third-order valence-corrected chi connectivity index (χ3v) is 4.06. The number of sulfone groups is 1. The Morgan fingerprint density at radius 2 is 1.78 bits per heavy atom. The van der Waals surface area contributed by atoms with Crippen molar-refractivity contribution in [1.82, 2.24) is 5.32 Å². The average molecular weight is 335 g/mol. The van der Waals surface area contributed by atoms with Crippen molar-refractivity contribution in [3.63, 3.8) is 0 Å². The molecule has 0 bridgehead atoms. The number of carbonyl (C=O) groups is 1. The molecule has 0 heterocycles. The van der Waals surface area contributed by atoms with E-state index in [0.717, 1.165) is 11.8 Å². The lowest BCUT2D eigenvalue weighted by Crippen LogP contribution is -2.25. The number of benzene rings is 2. The highest BCUT2D eigenvalue weighted by Crippen LogP contribution is 2.09. The van der Waals surface area contributed by atoms with Crippen LogP contribution < -0.4 is 5.32 Å². The fourth-order valence-corrected chi connectivity index (χ4v) is 3.01. The van der Waals surface area contributed by atoms with Gasteiger partial charge >= 0.3 is 0 Å². The molecule has 0 atom stereocenters. The summed E-state index contributed by atoms with van der Waals surface area (Å²) in [4.78, 5) is 12.1. The maximum atomic E-state index is 13.1. The van der Waals surface area contributed by atoms with E-state index < -0.39 is 9.84 Å². The maximum absolute atomic E-state index is 13.1. The molecule has 23 heavy (non-hydrogen) atoms. The number of rotatable bonds is 6. The Kier molecular flexibility index (Phi) is 5.50. The molecule has 2 rings (SSSR count). The van der Waals surface area contributed by atoms with Gasteiger partial charge in [-0.15, -0.1) is 0 Å². The normalized spacial score (nSPS) is 11.2. The minimum atomic E-state index is -3.14. The van der Waals surface area contributed by atoms with Crippen LogP contribution in [0.2, 0.25) is 0 Å². The van der Waals surface area contributed by atoms with E-state index in [9.17, 15) is 17.6 Å². The van der Waals surface area contributed by atoms with Gasteiger partial charge in [0.2, 0.25) is 0 Å². The molecule has 0 saturated heterocycles. The molecule has 0 radical (unpaired) electrons. The number of halogens is 1. The van der Waals surface area contributed by atoms with Crippen LogP contribution in [0.3, 0.4) is 0 Å². The minimum Gasteiger partial charge on any atom is -0.352 e. The second kappa shape index (κ2) is 7.37. The summed E-state index contributed by atoms with van der Waals surface area (Å²) in [5.41, 5.74) is 1.78. The number of hydrogen-bond donors (Lipinski definition) is 1. The Hall–Kier alpha value is -2.21. The number of hydrogen-bond acceptors (Lipinski definition) is 3. The van der Waals surface area contributed by atoms with Gasteiger partial charge in [0.1, 0.15) is 5.82 Å². The third-order valence-electron chi connectivity index (χ3n) is 3.21. The number of nitrogens with one attached hydrogen (secondary N) is 1. The molecule has 4 nitrogen and oxygen atoms in total. The Balaban J connectivity index is 1.94. The molecule has 0 fully saturated rings. The van der Waals surface area contributed by atoms with Crippen LogP contribution in [0.15, 0.2) is 48.5 Å². The van der Waals surface area contributed by atoms with Crippen molar-refractivity contribution in [3.05, 3.63) is 71.0 Å². The maximum Gasteiger partial charge on any atom is 0.251 e. The van der Waals surface area contributed by atoms with E-state index in [1.165, 1.54) is 12.1 Å². The molecule has 2 aromatic rings. The zero-order valence-electron chi connectivity index (χ0n) is 12.8. The van der Waals surface area contributed by atoms with Crippen LogP contribution in [-0.2, 0) is 22.0 Å². The van der Waals surface area contributed by atoms with Crippen molar-refractivity contribution in [2.75, 3.05) is 12.8 Å². The van der Waals surface area contributed by atoms with E-state index in [1.54, 1.807) is 36.4 Å². The Labute approximate surface area is 135 Å². The number of amides is 1. The highest BCUT2D eigenvalue weighted by molar-refractivity contribution is 7.89. The Morgan fingerprint density at radius 3 is 2.48 bits per heavy atom. The molecule has 0 aliphatic heterocycles. The SMILES string of the molecule is CS(=O)(=O)Cc1cccc(C(=O)NCCc2cccc(F)c2)c1. The molecule has 1 N–H and O–H groups in total. The van der Waals surface area contributed by atoms with Crippen LogP contribution in [0.4, 0.5) is 4.39 Å². The quantitative estimate of drug-likeness (QED) is 0.881. The van der Waals surface area contributed by atoms with Gasteiger partial charge in [-0.3, -0.25) is 4.79 Å². The second-order valence-electron chi connectivity index (χ2n) is 5.41. The first-order chi connectivity index (χ1) is 10.8. The van der Waals surface area contributed by atoms with E-state index in [4.69, 9.17) is 0 Å². The molecule has 6 heteroatoms. The monoisotopic (exact) mass is 335 g/mol. The molecule has 1 amide bonds.